The van der Waals surface area contributed by atoms with Gasteiger partial charge in [-0.3, -0.25) is 5.10 Å². The summed E-state index contributed by atoms with van der Waals surface area (Å²) in [7, 11) is -3.57. The lowest BCUT2D eigenvalue weighted by Crippen LogP contribution is -2.37. The summed E-state index contributed by atoms with van der Waals surface area (Å²) in [6.07, 6.45) is 3.91. The lowest BCUT2D eigenvalue weighted by molar-refractivity contribution is 0.332. The highest BCUT2D eigenvalue weighted by molar-refractivity contribution is 7.89. The SMILES string of the molecule is Cc1[nH]nc(S(=O)(=O)NC2CCC(C)CC2)c1CN. The van der Waals surface area contributed by atoms with Gasteiger partial charge < -0.3 is 5.73 Å². The van der Waals surface area contributed by atoms with Gasteiger partial charge in [0.05, 0.1) is 0 Å². The average molecular weight is 286 g/mol. The minimum absolute atomic E-state index is 0.0174. The topological polar surface area (TPSA) is 101 Å². The largest absolute Gasteiger partial charge is 0.326 e. The van der Waals surface area contributed by atoms with Crippen LogP contribution in [0.15, 0.2) is 5.03 Å². The van der Waals surface area contributed by atoms with E-state index in [0.717, 1.165) is 25.7 Å². The quantitative estimate of drug-likeness (QED) is 0.769. The molecule has 4 N–H and O–H groups in total. The molecule has 7 heteroatoms. The second kappa shape index (κ2) is 5.60. The molecule has 1 aromatic heterocycles. The number of aromatic nitrogens is 2. The number of hydrogen-bond donors (Lipinski definition) is 3. The van der Waals surface area contributed by atoms with Crippen LogP contribution in [0.4, 0.5) is 0 Å². The van der Waals surface area contributed by atoms with Crippen molar-refractivity contribution in [3.63, 3.8) is 0 Å². The van der Waals surface area contributed by atoms with E-state index in [-0.39, 0.29) is 17.6 Å². The summed E-state index contributed by atoms with van der Waals surface area (Å²) >= 11 is 0. The fourth-order valence-corrected chi connectivity index (χ4v) is 4.06. The van der Waals surface area contributed by atoms with E-state index in [1.54, 1.807) is 6.92 Å². The van der Waals surface area contributed by atoms with Crippen molar-refractivity contribution in [3.05, 3.63) is 11.3 Å². The molecule has 6 nitrogen and oxygen atoms in total. The van der Waals surface area contributed by atoms with Gasteiger partial charge in [0.1, 0.15) is 0 Å². The molecule has 1 aromatic rings. The lowest BCUT2D eigenvalue weighted by Gasteiger charge is -2.26. The Hall–Kier alpha value is -0.920. The van der Waals surface area contributed by atoms with E-state index < -0.39 is 10.0 Å². The van der Waals surface area contributed by atoms with Crippen molar-refractivity contribution < 1.29 is 8.42 Å². The minimum Gasteiger partial charge on any atom is -0.326 e. The maximum atomic E-state index is 12.3. The first-order valence-corrected chi connectivity index (χ1v) is 8.18. The molecule has 1 saturated carbocycles. The Morgan fingerprint density at radius 3 is 2.58 bits per heavy atom. The fourth-order valence-electron chi connectivity index (χ4n) is 2.55. The summed E-state index contributed by atoms with van der Waals surface area (Å²) in [4.78, 5) is 0. The van der Waals surface area contributed by atoms with Crippen LogP contribution >= 0.6 is 0 Å². The molecule has 1 fully saturated rings. The molecule has 19 heavy (non-hydrogen) atoms. The van der Waals surface area contributed by atoms with Crippen molar-refractivity contribution in [2.24, 2.45) is 11.7 Å². The Morgan fingerprint density at radius 1 is 1.37 bits per heavy atom. The van der Waals surface area contributed by atoms with Crippen molar-refractivity contribution >= 4 is 10.0 Å². The van der Waals surface area contributed by atoms with Gasteiger partial charge in [-0.2, -0.15) is 5.10 Å². The first-order valence-electron chi connectivity index (χ1n) is 6.70. The molecule has 1 heterocycles. The maximum Gasteiger partial charge on any atom is 0.260 e. The van der Waals surface area contributed by atoms with Crippen LogP contribution in [0.3, 0.4) is 0 Å². The van der Waals surface area contributed by atoms with Crippen LogP contribution in [0.1, 0.15) is 43.9 Å². The number of nitrogens with one attached hydrogen (secondary N) is 2. The molecule has 0 radical (unpaired) electrons. The van der Waals surface area contributed by atoms with Gasteiger partial charge in [-0.1, -0.05) is 6.92 Å². The molecule has 108 valence electrons. The molecule has 0 spiro atoms. The highest BCUT2D eigenvalue weighted by atomic mass is 32.2. The summed E-state index contributed by atoms with van der Waals surface area (Å²) in [5, 5.41) is 6.62. The molecule has 1 aliphatic rings. The minimum atomic E-state index is -3.57. The Labute approximate surface area is 114 Å². The number of aromatic amines is 1. The van der Waals surface area contributed by atoms with Gasteiger partial charge in [0.2, 0.25) is 0 Å². The molecule has 0 unspecified atom stereocenters. The monoisotopic (exact) mass is 286 g/mol. The van der Waals surface area contributed by atoms with Crippen molar-refractivity contribution in [3.8, 4) is 0 Å². The number of aryl methyl sites for hydroxylation is 1. The summed E-state index contributed by atoms with van der Waals surface area (Å²) in [6.45, 7) is 4.14. The zero-order valence-electron chi connectivity index (χ0n) is 11.4. The van der Waals surface area contributed by atoms with Crippen LogP contribution in [0, 0.1) is 12.8 Å². The molecule has 2 rings (SSSR count). The first-order chi connectivity index (χ1) is 8.94. The number of nitrogens with zero attached hydrogens (tertiary/aromatic N) is 1. The Bertz CT molecular complexity index is 530. The van der Waals surface area contributed by atoms with Gasteiger partial charge in [0.15, 0.2) is 5.03 Å². The van der Waals surface area contributed by atoms with E-state index in [2.05, 4.69) is 21.8 Å². The smallest absolute Gasteiger partial charge is 0.260 e. The van der Waals surface area contributed by atoms with Gasteiger partial charge in [-0.05, 0) is 38.5 Å². The van der Waals surface area contributed by atoms with E-state index >= 15 is 0 Å². The van der Waals surface area contributed by atoms with Gasteiger partial charge in [-0.15, -0.1) is 0 Å². The number of hydrogen-bond acceptors (Lipinski definition) is 4. The van der Waals surface area contributed by atoms with Gasteiger partial charge in [-0.25, -0.2) is 13.1 Å². The second-order valence-electron chi connectivity index (χ2n) is 5.41. The van der Waals surface area contributed by atoms with E-state index in [0.29, 0.717) is 17.2 Å². The average Bonchev–Trinajstić information content (AvgIpc) is 2.74. The van der Waals surface area contributed by atoms with E-state index in [4.69, 9.17) is 5.73 Å². The Morgan fingerprint density at radius 2 is 2.00 bits per heavy atom. The highest BCUT2D eigenvalue weighted by Crippen LogP contribution is 2.25. The van der Waals surface area contributed by atoms with Crippen LogP contribution in [-0.4, -0.2) is 24.7 Å². The third-order valence-electron chi connectivity index (χ3n) is 3.83. The highest BCUT2D eigenvalue weighted by Gasteiger charge is 2.28. The van der Waals surface area contributed by atoms with Crippen LogP contribution in [0.5, 0.6) is 0 Å². The Kier molecular flexibility index (Phi) is 4.27. The van der Waals surface area contributed by atoms with Crippen LogP contribution in [-0.2, 0) is 16.6 Å². The third kappa shape index (κ3) is 3.16. The van der Waals surface area contributed by atoms with E-state index in [9.17, 15) is 8.42 Å². The predicted octanol–water partition coefficient (Wildman–Crippen LogP) is 1.03. The second-order valence-corrected chi connectivity index (χ2v) is 7.04. The van der Waals surface area contributed by atoms with Crippen molar-refractivity contribution in [2.75, 3.05) is 0 Å². The predicted molar refractivity (Wildman–Crippen MR) is 73.0 cm³/mol. The summed E-state index contributed by atoms with van der Waals surface area (Å²) in [5.41, 5.74) is 6.87. The molecule has 0 saturated heterocycles. The molecular formula is C12H22N4O2S. The molecule has 1 aliphatic carbocycles. The van der Waals surface area contributed by atoms with Gasteiger partial charge in [0.25, 0.3) is 10.0 Å². The first kappa shape index (κ1) is 14.5. The standard InChI is InChI=1S/C12H22N4O2S/c1-8-3-5-10(6-4-8)16-19(17,18)12-11(7-13)9(2)14-15-12/h8,10,16H,3-7,13H2,1-2H3,(H,14,15). The zero-order valence-corrected chi connectivity index (χ0v) is 12.3. The zero-order chi connectivity index (χ0) is 14.0. The summed E-state index contributed by atoms with van der Waals surface area (Å²) in [5.74, 6) is 0.688. The number of rotatable bonds is 4. The number of nitrogens with two attached hydrogens (primary N) is 1. The van der Waals surface area contributed by atoms with Gasteiger partial charge in [0, 0.05) is 23.8 Å². The molecule has 0 amide bonds. The molecule has 0 aromatic carbocycles. The maximum absolute atomic E-state index is 12.3. The molecule has 0 aliphatic heterocycles. The van der Waals surface area contributed by atoms with Crippen LogP contribution in [0.2, 0.25) is 0 Å². The number of sulfonamides is 1. The summed E-state index contributed by atoms with van der Waals surface area (Å²) in [6, 6.07) is 0.0174. The van der Waals surface area contributed by atoms with Gasteiger partial charge >= 0.3 is 0 Å². The summed E-state index contributed by atoms with van der Waals surface area (Å²) < 4.78 is 27.4. The lowest BCUT2D eigenvalue weighted by atomic mass is 9.88. The molecule has 0 atom stereocenters. The Balaban J connectivity index is 2.14. The van der Waals surface area contributed by atoms with Crippen molar-refractivity contribution in [1.82, 2.24) is 14.9 Å². The molecular weight excluding hydrogens is 264 g/mol. The van der Waals surface area contributed by atoms with E-state index in [1.807, 2.05) is 0 Å². The van der Waals surface area contributed by atoms with Crippen LogP contribution < -0.4 is 10.5 Å². The van der Waals surface area contributed by atoms with Crippen LogP contribution in [0.25, 0.3) is 0 Å². The molecule has 0 bridgehead atoms. The van der Waals surface area contributed by atoms with Crippen molar-refractivity contribution in [1.29, 1.82) is 0 Å². The van der Waals surface area contributed by atoms with E-state index in [1.165, 1.54) is 0 Å². The normalized spacial score (nSPS) is 24.6. The van der Waals surface area contributed by atoms with Crippen molar-refractivity contribution in [2.45, 2.75) is 57.1 Å². The fraction of sp³-hybridized carbons (Fsp3) is 0.750. The number of H-pyrrole nitrogens is 1. The third-order valence-corrected chi connectivity index (χ3v) is 5.32.